The molecule has 3 aromatic carbocycles. The van der Waals surface area contributed by atoms with E-state index in [1.54, 1.807) is 0 Å². The summed E-state index contributed by atoms with van der Waals surface area (Å²) in [6, 6.07) is 22.6. The van der Waals surface area contributed by atoms with Crippen LogP contribution in [0.1, 0.15) is 16.7 Å². The first kappa shape index (κ1) is 15.5. The van der Waals surface area contributed by atoms with Crippen LogP contribution < -0.4 is 4.74 Å². The fraction of sp³-hybridized carbons (Fsp3) is 0.136. The van der Waals surface area contributed by atoms with Crippen molar-refractivity contribution in [2.24, 2.45) is 0 Å². The molecule has 25 heavy (non-hydrogen) atoms. The molecule has 0 fully saturated rings. The Bertz CT molecular complexity index is 1030. The highest BCUT2D eigenvalue weighted by Gasteiger charge is 2.11. The minimum atomic E-state index is 0.545. The van der Waals surface area contributed by atoms with E-state index in [1.807, 2.05) is 42.5 Å². The van der Waals surface area contributed by atoms with Gasteiger partial charge < -0.3 is 9.72 Å². The van der Waals surface area contributed by atoms with Gasteiger partial charge in [-0.05, 0) is 54.8 Å². The minimum absolute atomic E-state index is 0.545. The van der Waals surface area contributed by atoms with Crippen molar-refractivity contribution < 1.29 is 4.74 Å². The summed E-state index contributed by atoms with van der Waals surface area (Å²) in [6.07, 6.45) is 0. The average Bonchev–Trinajstić information content (AvgIpc) is 3.04. The molecule has 0 atom stereocenters. The van der Waals surface area contributed by atoms with Gasteiger partial charge in [-0.25, -0.2) is 4.98 Å². The molecule has 0 unspecified atom stereocenters. The number of benzene rings is 3. The fourth-order valence-corrected chi connectivity index (χ4v) is 2.97. The lowest BCUT2D eigenvalue weighted by Crippen LogP contribution is -1.99. The lowest BCUT2D eigenvalue weighted by Gasteiger charge is -2.11. The van der Waals surface area contributed by atoms with Crippen LogP contribution in [0.4, 0.5) is 0 Å². The maximum absolute atomic E-state index is 6.12. The molecule has 0 aliphatic carbocycles. The van der Waals surface area contributed by atoms with Gasteiger partial charge in [0, 0.05) is 0 Å². The molecule has 3 nitrogen and oxygen atoms in total. The highest BCUT2D eigenvalue weighted by Crippen LogP contribution is 2.30. The van der Waals surface area contributed by atoms with E-state index in [0.717, 1.165) is 28.2 Å². The van der Waals surface area contributed by atoms with E-state index in [1.165, 1.54) is 16.7 Å². The third kappa shape index (κ3) is 3.13. The number of aromatic amines is 1. The molecule has 0 aliphatic heterocycles. The summed E-state index contributed by atoms with van der Waals surface area (Å²) in [5.41, 5.74) is 6.63. The van der Waals surface area contributed by atoms with E-state index < -0.39 is 0 Å². The van der Waals surface area contributed by atoms with Crippen molar-refractivity contribution in [3.05, 3.63) is 83.4 Å². The largest absolute Gasteiger partial charge is 0.488 e. The molecule has 0 bridgehead atoms. The molecule has 0 saturated heterocycles. The van der Waals surface area contributed by atoms with Gasteiger partial charge in [0.2, 0.25) is 0 Å². The molecule has 0 spiro atoms. The summed E-state index contributed by atoms with van der Waals surface area (Å²) >= 11 is 0. The summed E-state index contributed by atoms with van der Waals surface area (Å²) in [6.45, 7) is 4.73. The summed E-state index contributed by atoms with van der Waals surface area (Å²) in [4.78, 5) is 8.13. The number of rotatable bonds is 4. The molecule has 4 aromatic rings. The van der Waals surface area contributed by atoms with Crippen molar-refractivity contribution in [2.75, 3.05) is 0 Å². The van der Waals surface area contributed by atoms with Gasteiger partial charge in [-0.15, -0.1) is 0 Å². The van der Waals surface area contributed by atoms with Crippen LogP contribution in [0.15, 0.2) is 66.7 Å². The first-order valence-corrected chi connectivity index (χ1v) is 8.44. The quantitative estimate of drug-likeness (QED) is 0.543. The molecule has 0 radical (unpaired) electrons. The Morgan fingerprint density at radius 3 is 2.60 bits per heavy atom. The standard InChI is InChI=1S/C22H20N2O/c1-15-11-12-19-20(13-15)24-22(23-19)18-9-5-6-10-21(18)25-14-17-8-4-3-7-16(17)2/h3-13H,14H2,1-2H3,(H,23,24). The second-order valence-corrected chi connectivity index (χ2v) is 6.32. The van der Waals surface area contributed by atoms with Crippen molar-refractivity contribution in [1.29, 1.82) is 0 Å². The summed E-state index contributed by atoms with van der Waals surface area (Å²) in [5.74, 6) is 1.67. The van der Waals surface area contributed by atoms with Crippen molar-refractivity contribution >= 4 is 11.0 Å². The predicted molar refractivity (Wildman–Crippen MR) is 102 cm³/mol. The van der Waals surface area contributed by atoms with Gasteiger partial charge >= 0.3 is 0 Å². The van der Waals surface area contributed by atoms with Gasteiger partial charge in [-0.3, -0.25) is 0 Å². The second-order valence-electron chi connectivity index (χ2n) is 6.32. The Labute approximate surface area is 147 Å². The summed E-state index contributed by atoms with van der Waals surface area (Å²) in [5, 5.41) is 0. The molecular formula is C22H20N2O. The lowest BCUT2D eigenvalue weighted by atomic mass is 10.1. The zero-order valence-corrected chi connectivity index (χ0v) is 14.4. The molecule has 0 saturated carbocycles. The van der Waals surface area contributed by atoms with E-state index in [2.05, 4.69) is 43.1 Å². The first-order chi connectivity index (χ1) is 12.2. The van der Waals surface area contributed by atoms with Crippen LogP contribution in [0.2, 0.25) is 0 Å². The van der Waals surface area contributed by atoms with Gasteiger partial charge in [-0.2, -0.15) is 0 Å². The Kier molecular flexibility index (Phi) is 3.98. The number of H-pyrrole nitrogens is 1. The number of ether oxygens (including phenoxy) is 1. The Morgan fingerprint density at radius 2 is 1.72 bits per heavy atom. The molecular weight excluding hydrogens is 308 g/mol. The van der Waals surface area contributed by atoms with Gasteiger partial charge in [0.1, 0.15) is 18.2 Å². The van der Waals surface area contributed by atoms with E-state index in [0.29, 0.717) is 6.61 Å². The zero-order chi connectivity index (χ0) is 17.2. The van der Waals surface area contributed by atoms with Crippen molar-refractivity contribution in [3.8, 4) is 17.1 Å². The summed E-state index contributed by atoms with van der Waals surface area (Å²) in [7, 11) is 0. The number of para-hydroxylation sites is 1. The van der Waals surface area contributed by atoms with E-state index in [4.69, 9.17) is 9.72 Å². The van der Waals surface area contributed by atoms with Crippen LogP contribution in [-0.4, -0.2) is 9.97 Å². The van der Waals surface area contributed by atoms with Gasteiger partial charge in [-0.1, -0.05) is 42.5 Å². The van der Waals surface area contributed by atoms with Gasteiger partial charge in [0.05, 0.1) is 16.6 Å². The molecule has 1 aromatic heterocycles. The zero-order valence-electron chi connectivity index (χ0n) is 14.4. The number of aromatic nitrogens is 2. The molecule has 1 N–H and O–H groups in total. The third-order valence-electron chi connectivity index (χ3n) is 4.42. The smallest absolute Gasteiger partial charge is 0.142 e. The maximum Gasteiger partial charge on any atom is 0.142 e. The predicted octanol–water partition coefficient (Wildman–Crippen LogP) is 5.43. The van der Waals surface area contributed by atoms with Crippen LogP contribution in [-0.2, 0) is 6.61 Å². The number of fused-ring (bicyclic) bond motifs is 1. The average molecular weight is 328 g/mol. The lowest BCUT2D eigenvalue weighted by molar-refractivity contribution is 0.306. The molecule has 0 aliphatic rings. The van der Waals surface area contributed by atoms with E-state index in [9.17, 15) is 0 Å². The summed E-state index contributed by atoms with van der Waals surface area (Å²) < 4.78 is 6.12. The molecule has 0 amide bonds. The topological polar surface area (TPSA) is 37.9 Å². The number of hydrogen-bond acceptors (Lipinski definition) is 2. The van der Waals surface area contributed by atoms with Crippen molar-refractivity contribution in [1.82, 2.24) is 9.97 Å². The monoisotopic (exact) mass is 328 g/mol. The highest BCUT2D eigenvalue weighted by atomic mass is 16.5. The third-order valence-corrected chi connectivity index (χ3v) is 4.42. The van der Waals surface area contributed by atoms with Crippen LogP contribution >= 0.6 is 0 Å². The molecule has 124 valence electrons. The SMILES string of the molecule is Cc1ccc2nc(-c3ccccc3OCc3ccccc3C)[nH]c2c1. The molecule has 4 rings (SSSR count). The van der Waals surface area contributed by atoms with Crippen LogP contribution in [0.25, 0.3) is 22.4 Å². The number of hydrogen-bond donors (Lipinski definition) is 1. The number of aryl methyl sites for hydroxylation is 2. The van der Waals surface area contributed by atoms with Crippen molar-refractivity contribution in [3.63, 3.8) is 0 Å². The normalized spacial score (nSPS) is 11.0. The Balaban J connectivity index is 1.67. The molecule has 3 heteroatoms. The molecule has 1 heterocycles. The maximum atomic E-state index is 6.12. The van der Waals surface area contributed by atoms with Crippen LogP contribution in [0.5, 0.6) is 5.75 Å². The fourth-order valence-electron chi connectivity index (χ4n) is 2.97. The number of nitrogens with one attached hydrogen (secondary N) is 1. The minimum Gasteiger partial charge on any atom is -0.488 e. The first-order valence-electron chi connectivity index (χ1n) is 8.44. The van der Waals surface area contributed by atoms with Gasteiger partial charge in [0.15, 0.2) is 0 Å². The number of imidazole rings is 1. The van der Waals surface area contributed by atoms with Crippen LogP contribution in [0.3, 0.4) is 0 Å². The second kappa shape index (κ2) is 6.44. The van der Waals surface area contributed by atoms with Crippen LogP contribution in [0, 0.1) is 13.8 Å². The van der Waals surface area contributed by atoms with Crippen molar-refractivity contribution in [2.45, 2.75) is 20.5 Å². The van der Waals surface area contributed by atoms with E-state index >= 15 is 0 Å². The Morgan fingerprint density at radius 1 is 0.920 bits per heavy atom. The highest BCUT2D eigenvalue weighted by molar-refractivity contribution is 5.81. The van der Waals surface area contributed by atoms with E-state index in [-0.39, 0.29) is 0 Å². The Hall–Kier alpha value is -3.07. The van der Waals surface area contributed by atoms with Gasteiger partial charge in [0.25, 0.3) is 0 Å². The number of nitrogens with zero attached hydrogens (tertiary/aromatic N) is 1.